The number of carboxylic acids is 1. The second-order valence-corrected chi connectivity index (χ2v) is 6.59. The Balaban J connectivity index is 1.36. The van der Waals surface area contributed by atoms with Gasteiger partial charge in [0, 0.05) is 6.20 Å². The molecule has 0 bridgehead atoms. The van der Waals surface area contributed by atoms with Gasteiger partial charge in [0.05, 0.1) is 23.5 Å². The minimum atomic E-state index is -0.688. The number of pyridine rings is 1. The van der Waals surface area contributed by atoms with Crippen molar-refractivity contribution in [1.82, 2.24) is 15.2 Å². The maximum absolute atomic E-state index is 11.0. The molecule has 3 aromatic rings. The van der Waals surface area contributed by atoms with E-state index >= 15 is 0 Å². The summed E-state index contributed by atoms with van der Waals surface area (Å²) in [4.78, 5) is 15.3. The Bertz CT molecular complexity index is 885. The zero-order chi connectivity index (χ0) is 17.9. The highest BCUT2D eigenvalue weighted by atomic mass is 16.5. The second kappa shape index (κ2) is 7.00. The number of hydrogen-bond acceptors (Lipinski definition) is 4. The van der Waals surface area contributed by atoms with Gasteiger partial charge in [0.2, 0.25) is 0 Å². The summed E-state index contributed by atoms with van der Waals surface area (Å²) >= 11 is 0. The minimum absolute atomic E-state index is 0.195. The zero-order valence-electron chi connectivity index (χ0n) is 14.1. The Morgan fingerprint density at radius 3 is 2.81 bits per heavy atom. The van der Waals surface area contributed by atoms with E-state index < -0.39 is 5.97 Å². The Labute approximate surface area is 150 Å². The quantitative estimate of drug-likeness (QED) is 0.709. The van der Waals surface area contributed by atoms with Gasteiger partial charge < -0.3 is 9.84 Å². The number of benzene rings is 1. The van der Waals surface area contributed by atoms with Crippen molar-refractivity contribution in [3.8, 4) is 17.1 Å². The maximum Gasteiger partial charge on any atom is 0.306 e. The number of nitrogens with one attached hydrogen (secondary N) is 1. The topological polar surface area (TPSA) is 88.1 Å². The number of aromatic nitrogens is 3. The molecule has 2 N–H and O–H groups in total. The Morgan fingerprint density at radius 1 is 1.23 bits per heavy atom. The van der Waals surface area contributed by atoms with Crippen LogP contribution in [-0.4, -0.2) is 26.3 Å². The molecule has 0 amide bonds. The summed E-state index contributed by atoms with van der Waals surface area (Å²) in [7, 11) is 0. The van der Waals surface area contributed by atoms with Gasteiger partial charge in [0.15, 0.2) is 0 Å². The normalized spacial score (nSPS) is 18.9. The van der Waals surface area contributed by atoms with Crippen molar-refractivity contribution in [2.75, 3.05) is 0 Å². The van der Waals surface area contributed by atoms with Crippen molar-refractivity contribution in [2.24, 2.45) is 5.92 Å². The first-order chi connectivity index (χ1) is 12.7. The number of ether oxygens (including phenoxy) is 1. The lowest BCUT2D eigenvalue weighted by molar-refractivity contribution is -0.145. The third-order valence-corrected chi connectivity index (χ3v) is 4.83. The van der Waals surface area contributed by atoms with Crippen LogP contribution in [0.1, 0.15) is 29.9 Å². The third-order valence-electron chi connectivity index (χ3n) is 4.83. The van der Waals surface area contributed by atoms with Gasteiger partial charge in [-0.2, -0.15) is 5.10 Å². The van der Waals surface area contributed by atoms with Crippen LogP contribution >= 0.6 is 0 Å². The molecule has 1 aliphatic rings. The fourth-order valence-corrected chi connectivity index (χ4v) is 3.22. The molecule has 0 aliphatic heterocycles. The molecule has 0 unspecified atom stereocenters. The number of carboxylic acid groups (broad SMARTS) is 1. The van der Waals surface area contributed by atoms with Crippen LogP contribution in [0.2, 0.25) is 0 Å². The maximum atomic E-state index is 11.0. The summed E-state index contributed by atoms with van der Waals surface area (Å²) in [5, 5.41) is 15.8. The summed E-state index contributed by atoms with van der Waals surface area (Å²) in [6.45, 7) is 0.452. The summed E-state index contributed by atoms with van der Waals surface area (Å²) < 4.78 is 5.83. The number of H-pyrrole nitrogens is 1. The largest absolute Gasteiger partial charge is 0.487 e. The van der Waals surface area contributed by atoms with E-state index in [9.17, 15) is 4.79 Å². The lowest BCUT2D eigenvalue weighted by atomic mass is 9.71. The molecule has 0 radical (unpaired) electrons. The van der Waals surface area contributed by atoms with Crippen LogP contribution in [0.5, 0.6) is 5.75 Å². The molecule has 0 atom stereocenters. The van der Waals surface area contributed by atoms with Crippen LogP contribution in [0.15, 0.2) is 54.9 Å². The monoisotopic (exact) mass is 349 g/mol. The van der Waals surface area contributed by atoms with Crippen molar-refractivity contribution in [2.45, 2.75) is 25.4 Å². The van der Waals surface area contributed by atoms with Crippen molar-refractivity contribution >= 4 is 5.97 Å². The smallest absolute Gasteiger partial charge is 0.306 e. The predicted octanol–water partition coefficient (Wildman–Crippen LogP) is 3.63. The first kappa shape index (κ1) is 16.3. The van der Waals surface area contributed by atoms with Crippen LogP contribution in [0.4, 0.5) is 0 Å². The molecule has 6 heteroatoms. The summed E-state index contributed by atoms with van der Waals surface area (Å²) in [5.74, 6) is 0.158. The molecule has 26 heavy (non-hydrogen) atoms. The lowest BCUT2D eigenvalue weighted by Crippen LogP contribution is -2.28. The highest BCUT2D eigenvalue weighted by Crippen LogP contribution is 2.41. The molecule has 4 rings (SSSR count). The van der Waals surface area contributed by atoms with Crippen molar-refractivity contribution in [3.05, 3.63) is 66.0 Å². The lowest BCUT2D eigenvalue weighted by Gasteiger charge is -2.32. The van der Waals surface area contributed by atoms with Crippen LogP contribution in [0, 0.1) is 5.92 Å². The van der Waals surface area contributed by atoms with Gasteiger partial charge in [0.1, 0.15) is 12.4 Å². The van der Waals surface area contributed by atoms with E-state index in [2.05, 4.69) is 27.3 Å². The zero-order valence-corrected chi connectivity index (χ0v) is 14.1. The first-order valence-corrected chi connectivity index (χ1v) is 8.59. The third kappa shape index (κ3) is 3.44. The van der Waals surface area contributed by atoms with Gasteiger partial charge >= 0.3 is 5.97 Å². The van der Waals surface area contributed by atoms with Crippen molar-refractivity contribution < 1.29 is 14.6 Å². The van der Waals surface area contributed by atoms with Gasteiger partial charge in [-0.15, -0.1) is 0 Å². The number of aliphatic carboxylic acids is 1. The van der Waals surface area contributed by atoms with E-state index in [0.29, 0.717) is 18.3 Å². The summed E-state index contributed by atoms with van der Waals surface area (Å²) in [5.41, 5.74) is 3.94. The molecule has 6 nitrogen and oxygen atoms in total. The molecule has 1 aliphatic carbocycles. The van der Waals surface area contributed by atoms with Gasteiger partial charge in [-0.1, -0.05) is 24.3 Å². The average Bonchev–Trinajstić information content (AvgIpc) is 3.14. The molecular weight excluding hydrogens is 330 g/mol. The fourth-order valence-electron chi connectivity index (χ4n) is 3.22. The van der Waals surface area contributed by atoms with E-state index in [-0.39, 0.29) is 5.92 Å². The standard InChI is InChI=1S/C20H19N3O3/c24-20(25)16-9-15(10-16)14-3-1-2-13(8-14)12-26-17-4-5-18(21-11-17)19-6-7-22-23-19/h1-8,11,15-16H,9-10,12H2,(H,22,23)(H,24,25). The molecule has 2 heterocycles. The van der Waals surface area contributed by atoms with Gasteiger partial charge in [-0.3, -0.25) is 14.9 Å². The Hall–Kier alpha value is -3.15. The summed E-state index contributed by atoms with van der Waals surface area (Å²) in [6, 6.07) is 13.8. The average molecular weight is 349 g/mol. The molecule has 2 aromatic heterocycles. The predicted molar refractivity (Wildman–Crippen MR) is 95.7 cm³/mol. The number of aromatic amines is 1. The van der Waals surface area contributed by atoms with E-state index in [1.54, 1.807) is 12.4 Å². The van der Waals surface area contributed by atoms with E-state index in [1.807, 2.05) is 30.3 Å². The van der Waals surface area contributed by atoms with Crippen LogP contribution < -0.4 is 4.74 Å². The molecule has 1 fully saturated rings. The SMILES string of the molecule is O=C(O)C1CC(c2cccc(COc3ccc(-c4ccn[nH]4)nc3)c2)C1. The van der Waals surface area contributed by atoms with Gasteiger partial charge in [-0.25, -0.2) is 0 Å². The van der Waals surface area contributed by atoms with E-state index in [4.69, 9.17) is 9.84 Å². The molecule has 0 spiro atoms. The molecule has 1 saturated carbocycles. The number of hydrogen-bond donors (Lipinski definition) is 2. The van der Waals surface area contributed by atoms with Crippen molar-refractivity contribution in [3.63, 3.8) is 0 Å². The van der Waals surface area contributed by atoms with Gasteiger partial charge in [0.25, 0.3) is 0 Å². The van der Waals surface area contributed by atoms with Gasteiger partial charge in [-0.05, 0) is 48.1 Å². The van der Waals surface area contributed by atoms with Crippen LogP contribution in [0.25, 0.3) is 11.4 Å². The van der Waals surface area contributed by atoms with Crippen LogP contribution in [0.3, 0.4) is 0 Å². The molecule has 1 aromatic carbocycles. The van der Waals surface area contributed by atoms with Crippen LogP contribution in [-0.2, 0) is 11.4 Å². The second-order valence-electron chi connectivity index (χ2n) is 6.59. The Morgan fingerprint density at radius 2 is 2.12 bits per heavy atom. The number of nitrogens with zero attached hydrogens (tertiary/aromatic N) is 2. The molecule has 0 saturated heterocycles. The first-order valence-electron chi connectivity index (χ1n) is 8.59. The summed E-state index contributed by atoms with van der Waals surface area (Å²) in [6.07, 6.45) is 4.83. The fraction of sp³-hybridized carbons (Fsp3) is 0.250. The highest BCUT2D eigenvalue weighted by Gasteiger charge is 2.35. The minimum Gasteiger partial charge on any atom is -0.487 e. The Kier molecular flexibility index (Phi) is 4.39. The molecular formula is C20H19N3O3. The number of rotatable bonds is 6. The highest BCUT2D eigenvalue weighted by molar-refractivity contribution is 5.71. The van der Waals surface area contributed by atoms with E-state index in [1.165, 1.54) is 5.56 Å². The molecule has 132 valence electrons. The van der Waals surface area contributed by atoms with E-state index in [0.717, 1.165) is 29.8 Å². The number of carbonyl (C=O) groups is 1. The van der Waals surface area contributed by atoms with Crippen molar-refractivity contribution in [1.29, 1.82) is 0 Å².